The molecule has 3 aliphatic rings. The van der Waals surface area contributed by atoms with Gasteiger partial charge < -0.3 is 24.2 Å². The van der Waals surface area contributed by atoms with E-state index in [1.165, 1.54) is 31.4 Å². The van der Waals surface area contributed by atoms with E-state index >= 15 is 0 Å². The second-order valence-electron chi connectivity index (χ2n) is 15.0. The molecular formula is C36H48N2O11S. The quantitative estimate of drug-likeness (QED) is 0.0878. The van der Waals surface area contributed by atoms with Crippen LogP contribution in [0.25, 0.3) is 0 Å². The van der Waals surface area contributed by atoms with Crippen molar-refractivity contribution in [3.63, 3.8) is 0 Å². The molecule has 274 valence electrons. The van der Waals surface area contributed by atoms with Gasteiger partial charge in [0.25, 0.3) is 9.84 Å². The predicted octanol–water partition coefficient (Wildman–Crippen LogP) is 5.14. The number of esters is 3. The Balaban J connectivity index is 1.08. The highest BCUT2D eigenvalue weighted by Crippen LogP contribution is 2.69. The zero-order valence-corrected chi connectivity index (χ0v) is 30.1. The van der Waals surface area contributed by atoms with E-state index in [4.69, 9.17) is 18.9 Å². The maximum absolute atomic E-state index is 13.0. The van der Waals surface area contributed by atoms with E-state index in [0.717, 1.165) is 51.4 Å². The van der Waals surface area contributed by atoms with Crippen LogP contribution in [0.5, 0.6) is 5.88 Å². The molecule has 3 unspecified atom stereocenters. The Labute approximate surface area is 293 Å². The highest BCUT2D eigenvalue weighted by atomic mass is 32.2. The van der Waals surface area contributed by atoms with E-state index in [-0.39, 0.29) is 70.6 Å². The van der Waals surface area contributed by atoms with Crippen molar-refractivity contribution in [3.8, 4) is 5.88 Å². The van der Waals surface area contributed by atoms with E-state index in [2.05, 4.69) is 43.2 Å². The number of aromatic nitrogens is 2. The van der Waals surface area contributed by atoms with Crippen LogP contribution in [0.2, 0.25) is 0 Å². The molecule has 0 spiro atoms. The summed E-state index contributed by atoms with van der Waals surface area (Å²) >= 11 is 0. The van der Waals surface area contributed by atoms with Gasteiger partial charge in [0, 0.05) is 5.41 Å². The lowest BCUT2D eigenvalue weighted by atomic mass is 9.39. The molecule has 50 heavy (non-hydrogen) atoms. The number of ether oxygens (including phenoxy) is 4. The van der Waals surface area contributed by atoms with Crippen molar-refractivity contribution in [2.24, 2.45) is 33.5 Å². The fourth-order valence-corrected chi connectivity index (χ4v) is 10.8. The number of carbonyl (C=O) groups excluding carboxylic acids is 3. The molecule has 6 atom stereocenters. The van der Waals surface area contributed by atoms with Gasteiger partial charge in [-0.15, -0.1) is 6.58 Å². The van der Waals surface area contributed by atoms with Crippen LogP contribution in [0.15, 0.2) is 57.5 Å². The number of allylic oxidation sites excluding steroid dienone is 1. The number of benzene rings is 1. The summed E-state index contributed by atoms with van der Waals surface area (Å²) in [6, 6.07) is 7.25. The summed E-state index contributed by atoms with van der Waals surface area (Å²) in [5.74, 6) is -1.25. The van der Waals surface area contributed by atoms with Gasteiger partial charge in [0.2, 0.25) is 0 Å². The third-order valence-corrected chi connectivity index (χ3v) is 13.5. The maximum Gasteiger partial charge on any atom is 0.415 e. The Kier molecular flexibility index (Phi) is 10.7. The fourth-order valence-electron chi connectivity index (χ4n) is 9.48. The van der Waals surface area contributed by atoms with Gasteiger partial charge in [-0.3, -0.25) is 19.0 Å². The van der Waals surface area contributed by atoms with Crippen molar-refractivity contribution in [1.82, 2.24) is 5.16 Å². The van der Waals surface area contributed by atoms with Crippen molar-refractivity contribution in [3.05, 3.63) is 48.2 Å². The maximum atomic E-state index is 13.0. The van der Waals surface area contributed by atoms with Crippen LogP contribution in [0.4, 0.5) is 0 Å². The lowest BCUT2D eigenvalue weighted by molar-refractivity contribution is -0.832. The van der Waals surface area contributed by atoms with Crippen molar-refractivity contribution >= 4 is 27.7 Å². The molecule has 3 aliphatic carbocycles. The summed E-state index contributed by atoms with van der Waals surface area (Å²) in [6.07, 6.45) is 9.10. The van der Waals surface area contributed by atoms with Crippen molar-refractivity contribution in [1.29, 1.82) is 0 Å². The van der Waals surface area contributed by atoms with Crippen molar-refractivity contribution in [2.75, 3.05) is 26.9 Å². The average molecular weight is 717 g/mol. The molecule has 2 aromatic rings. The van der Waals surface area contributed by atoms with Crippen LogP contribution >= 0.6 is 0 Å². The van der Waals surface area contributed by atoms with Crippen LogP contribution in [0.3, 0.4) is 0 Å². The largest absolute Gasteiger partial charge is 0.469 e. The molecule has 0 saturated heterocycles. The van der Waals surface area contributed by atoms with Gasteiger partial charge >= 0.3 is 28.8 Å². The number of hydrogen-bond acceptors (Lipinski definition) is 12. The second-order valence-corrected chi connectivity index (χ2v) is 16.8. The highest BCUT2D eigenvalue weighted by molar-refractivity contribution is 7.91. The van der Waals surface area contributed by atoms with Crippen LogP contribution in [-0.4, -0.2) is 58.4 Å². The molecule has 0 bridgehead atoms. The standard InChI is InChI=1S/C36H48N2O11S/c1-6-36-20-16-26-34(3,17-10-18-35(26,4)32(41)45-5)27(36)15-19-33(2,23-36)24-48-29(40)14-13-28(39)46-21-22-47-30-31(38(42)49-37-30)50(43,44)25-11-8-7-9-12-25/h6-9,11-12,26-27H,1,10,13-24H2,2-5H3/t26?,27?,33-,34+,35+,36?/m0/s1. The summed E-state index contributed by atoms with van der Waals surface area (Å²) in [6.45, 7) is 10.5. The third-order valence-electron chi connectivity index (χ3n) is 11.8. The molecule has 0 N–H and O–H groups in total. The van der Waals surface area contributed by atoms with E-state index < -0.39 is 38.1 Å². The summed E-state index contributed by atoms with van der Waals surface area (Å²) in [4.78, 5) is 37.6. The Morgan fingerprint density at radius 3 is 2.36 bits per heavy atom. The van der Waals surface area contributed by atoms with Gasteiger partial charge in [-0.1, -0.05) is 44.5 Å². The molecule has 5 rings (SSSR count). The summed E-state index contributed by atoms with van der Waals surface area (Å²) in [5.41, 5.74) is -0.909. The first-order valence-electron chi connectivity index (χ1n) is 17.2. The number of hydrogen-bond donors (Lipinski definition) is 0. The molecule has 1 aromatic heterocycles. The van der Waals surface area contributed by atoms with Crippen LogP contribution in [0.1, 0.15) is 85.0 Å². The molecule has 0 amide bonds. The number of fused-ring (bicyclic) bond motifs is 3. The second kappa shape index (κ2) is 14.4. The number of rotatable bonds is 13. The minimum Gasteiger partial charge on any atom is -0.469 e. The van der Waals surface area contributed by atoms with Crippen LogP contribution < -0.4 is 9.64 Å². The fraction of sp³-hybridized carbons (Fsp3) is 0.639. The van der Waals surface area contributed by atoms with E-state index in [0.29, 0.717) is 5.92 Å². The van der Waals surface area contributed by atoms with Gasteiger partial charge in [-0.25, -0.2) is 8.42 Å². The number of methoxy groups -OCH3 is 1. The van der Waals surface area contributed by atoms with E-state index in [1.807, 2.05) is 0 Å². The molecule has 14 heteroatoms. The first kappa shape index (κ1) is 37.3. The topological polar surface area (TPSA) is 175 Å². The van der Waals surface area contributed by atoms with Gasteiger partial charge in [-0.05, 0) is 91.6 Å². The molecule has 1 heterocycles. The predicted molar refractivity (Wildman–Crippen MR) is 177 cm³/mol. The SMILES string of the molecule is C=CC12CCC3[C@@](C)(CCC[C@@]3(C)C(=O)OC)C1CC[C@](C)(COC(=O)CCC(=O)OCCOc1no[n+]([O-])c1S(=O)(=O)c1ccccc1)C2. The molecular weight excluding hydrogens is 668 g/mol. The summed E-state index contributed by atoms with van der Waals surface area (Å²) < 4.78 is 51.5. The minimum atomic E-state index is -4.28. The molecule has 0 radical (unpaired) electrons. The lowest BCUT2D eigenvalue weighted by Gasteiger charge is -2.65. The molecule has 0 aliphatic heterocycles. The number of carbonyl (C=O) groups is 3. The minimum absolute atomic E-state index is 0.0217. The van der Waals surface area contributed by atoms with Crippen molar-refractivity contribution in [2.45, 2.75) is 94.9 Å². The third kappa shape index (κ3) is 7.00. The van der Waals surface area contributed by atoms with Gasteiger partial charge in [0.05, 0.1) is 42.0 Å². The van der Waals surface area contributed by atoms with Crippen LogP contribution in [0, 0.1) is 38.7 Å². The van der Waals surface area contributed by atoms with Gasteiger partial charge in [0.15, 0.2) is 0 Å². The van der Waals surface area contributed by atoms with E-state index in [9.17, 15) is 28.0 Å². The zero-order chi connectivity index (χ0) is 36.4. The molecule has 1 aromatic carbocycles. The summed E-state index contributed by atoms with van der Waals surface area (Å²) in [7, 11) is -2.80. The lowest BCUT2D eigenvalue weighted by Crippen LogP contribution is -2.60. The van der Waals surface area contributed by atoms with Gasteiger partial charge in [-0.2, -0.15) is 0 Å². The Hall–Kier alpha value is -3.94. The van der Waals surface area contributed by atoms with Crippen LogP contribution in [-0.2, 0) is 38.4 Å². The highest BCUT2D eigenvalue weighted by Gasteiger charge is 2.64. The van der Waals surface area contributed by atoms with E-state index in [1.54, 1.807) is 6.07 Å². The zero-order valence-electron chi connectivity index (χ0n) is 29.3. The smallest absolute Gasteiger partial charge is 0.415 e. The molecule has 13 nitrogen and oxygen atoms in total. The average Bonchev–Trinajstić information content (AvgIpc) is 3.48. The normalized spacial score (nSPS) is 30.6. The first-order valence-corrected chi connectivity index (χ1v) is 18.7. The van der Waals surface area contributed by atoms with Crippen molar-refractivity contribution < 1.29 is 51.3 Å². The monoisotopic (exact) mass is 716 g/mol. The molecule has 3 saturated carbocycles. The Morgan fingerprint density at radius 1 is 1.00 bits per heavy atom. The Morgan fingerprint density at radius 2 is 1.68 bits per heavy atom. The number of nitrogens with zero attached hydrogens (tertiary/aromatic N) is 2. The van der Waals surface area contributed by atoms with Gasteiger partial charge in [0.1, 0.15) is 13.2 Å². The molecule has 3 fully saturated rings. The summed E-state index contributed by atoms with van der Waals surface area (Å²) in [5, 5.41) is 14.6. The Bertz CT molecular complexity index is 1690. The first-order chi connectivity index (χ1) is 23.6. The number of sulfone groups is 1.